The Kier molecular flexibility index (Phi) is 6.01. The molecular weight excluding hydrogens is 288 g/mol. The molecular formula is C12H15ClN2O3S. The Morgan fingerprint density at radius 2 is 2.26 bits per heavy atom. The van der Waals surface area contributed by atoms with Crippen LogP contribution < -0.4 is 5.73 Å². The largest absolute Gasteiger partial charge is 0.481 e. The normalized spacial score (nSPS) is 11.9. The first kappa shape index (κ1) is 15.7. The van der Waals surface area contributed by atoms with Crippen molar-refractivity contribution in [3.8, 4) is 0 Å². The van der Waals surface area contributed by atoms with E-state index >= 15 is 0 Å². The SMILES string of the molecule is C=CCN(Cc1ccc(Cl)s1)C(=O)C(N)CC(=O)O. The molecule has 1 atom stereocenters. The van der Waals surface area contributed by atoms with E-state index in [1.807, 2.05) is 6.07 Å². The van der Waals surface area contributed by atoms with Crippen LogP contribution in [0.5, 0.6) is 0 Å². The summed E-state index contributed by atoms with van der Waals surface area (Å²) >= 11 is 7.19. The summed E-state index contributed by atoms with van der Waals surface area (Å²) in [6.45, 7) is 4.23. The van der Waals surface area contributed by atoms with Crippen LogP contribution >= 0.6 is 22.9 Å². The van der Waals surface area contributed by atoms with Crippen LogP contribution in [0.15, 0.2) is 24.8 Å². The number of nitrogens with two attached hydrogens (primary N) is 1. The van der Waals surface area contributed by atoms with E-state index in [0.29, 0.717) is 17.4 Å². The first-order valence-corrected chi connectivity index (χ1v) is 6.74. The average Bonchev–Trinajstić information content (AvgIpc) is 2.72. The number of hydrogen-bond acceptors (Lipinski definition) is 4. The lowest BCUT2D eigenvalue weighted by molar-refractivity contribution is -0.142. The summed E-state index contributed by atoms with van der Waals surface area (Å²) in [6.07, 6.45) is 1.18. The fourth-order valence-corrected chi connectivity index (χ4v) is 2.63. The van der Waals surface area contributed by atoms with Gasteiger partial charge in [-0.15, -0.1) is 17.9 Å². The Balaban J connectivity index is 2.73. The minimum atomic E-state index is -1.10. The highest BCUT2D eigenvalue weighted by molar-refractivity contribution is 7.16. The predicted molar refractivity (Wildman–Crippen MR) is 75.2 cm³/mol. The van der Waals surface area contributed by atoms with E-state index in [2.05, 4.69) is 6.58 Å². The number of carbonyl (C=O) groups is 2. The molecule has 0 radical (unpaired) electrons. The van der Waals surface area contributed by atoms with Crippen LogP contribution in [0, 0.1) is 0 Å². The minimum Gasteiger partial charge on any atom is -0.481 e. The quantitative estimate of drug-likeness (QED) is 0.751. The van der Waals surface area contributed by atoms with Gasteiger partial charge in [0.1, 0.15) is 0 Å². The summed E-state index contributed by atoms with van der Waals surface area (Å²) in [5.74, 6) is -1.51. The molecule has 5 nitrogen and oxygen atoms in total. The molecule has 0 aromatic carbocycles. The van der Waals surface area contributed by atoms with Crippen molar-refractivity contribution in [2.24, 2.45) is 5.73 Å². The Bertz CT molecular complexity index is 475. The van der Waals surface area contributed by atoms with Crippen LogP contribution in [-0.2, 0) is 16.1 Å². The smallest absolute Gasteiger partial charge is 0.305 e. The van der Waals surface area contributed by atoms with Crippen molar-refractivity contribution in [2.45, 2.75) is 19.0 Å². The fourth-order valence-electron chi connectivity index (χ4n) is 1.52. The highest BCUT2D eigenvalue weighted by Gasteiger charge is 2.23. The number of rotatable bonds is 7. The van der Waals surface area contributed by atoms with Gasteiger partial charge in [-0.05, 0) is 12.1 Å². The Morgan fingerprint density at radius 1 is 1.58 bits per heavy atom. The second-order valence-corrected chi connectivity index (χ2v) is 5.72. The molecule has 1 heterocycles. The van der Waals surface area contributed by atoms with E-state index in [0.717, 1.165) is 4.88 Å². The van der Waals surface area contributed by atoms with E-state index in [1.165, 1.54) is 16.2 Å². The van der Waals surface area contributed by atoms with Crippen molar-refractivity contribution in [1.29, 1.82) is 0 Å². The maximum absolute atomic E-state index is 12.0. The van der Waals surface area contributed by atoms with Gasteiger partial charge in [0.15, 0.2) is 0 Å². The van der Waals surface area contributed by atoms with Crippen molar-refractivity contribution in [2.75, 3.05) is 6.54 Å². The second kappa shape index (κ2) is 7.28. The van der Waals surface area contributed by atoms with Gasteiger partial charge >= 0.3 is 5.97 Å². The Hall–Kier alpha value is -1.37. The lowest BCUT2D eigenvalue weighted by Gasteiger charge is -2.23. The number of halogens is 1. The summed E-state index contributed by atoms with van der Waals surface area (Å²) in [5, 5.41) is 8.65. The third-order valence-corrected chi connectivity index (χ3v) is 3.56. The van der Waals surface area contributed by atoms with Crippen LogP contribution in [-0.4, -0.2) is 34.5 Å². The molecule has 1 unspecified atom stereocenters. The summed E-state index contributed by atoms with van der Waals surface area (Å²) in [6, 6.07) is 2.52. The zero-order valence-electron chi connectivity index (χ0n) is 10.2. The van der Waals surface area contributed by atoms with Crippen molar-refractivity contribution in [3.63, 3.8) is 0 Å². The predicted octanol–water partition coefficient (Wildman–Crippen LogP) is 1.72. The van der Waals surface area contributed by atoms with E-state index in [4.69, 9.17) is 22.4 Å². The molecule has 19 heavy (non-hydrogen) atoms. The van der Waals surface area contributed by atoms with Crippen molar-refractivity contribution in [3.05, 3.63) is 34.0 Å². The van der Waals surface area contributed by atoms with Crippen LogP contribution in [0.3, 0.4) is 0 Å². The number of carboxylic acid groups (broad SMARTS) is 1. The third kappa shape index (κ3) is 5.02. The van der Waals surface area contributed by atoms with Gasteiger partial charge in [0.25, 0.3) is 0 Å². The molecule has 1 aromatic rings. The lowest BCUT2D eigenvalue weighted by atomic mass is 10.2. The molecule has 0 saturated heterocycles. The first-order valence-electron chi connectivity index (χ1n) is 5.55. The molecule has 0 aliphatic rings. The molecule has 0 bridgehead atoms. The van der Waals surface area contributed by atoms with E-state index in [1.54, 1.807) is 12.1 Å². The maximum atomic E-state index is 12.0. The molecule has 1 rings (SSSR count). The van der Waals surface area contributed by atoms with Gasteiger partial charge in [-0.3, -0.25) is 9.59 Å². The average molecular weight is 303 g/mol. The zero-order valence-corrected chi connectivity index (χ0v) is 11.8. The summed E-state index contributed by atoms with van der Waals surface area (Å²) in [7, 11) is 0. The number of amides is 1. The molecule has 0 fully saturated rings. The molecule has 0 aliphatic carbocycles. The van der Waals surface area contributed by atoms with Crippen LogP contribution in [0.25, 0.3) is 0 Å². The monoisotopic (exact) mass is 302 g/mol. The first-order chi connectivity index (χ1) is 8.93. The number of hydrogen-bond donors (Lipinski definition) is 2. The summed E-state index contributed by atoms with van der Waals surface area (Å²) in [5.41, 5.74) is 5.58. The van der Waals surface area contributed by atoms with Crippen LogP contribution in [0.1, 0.15) is 11.3 Å². The summed E-state index contributed by atoms with van der Waals surface area (Å²) < 4.78 is 0.635. The van der Waals surface area contributed by atoms with Gasteiger partial charge in [-0.25, -0.2) is 0 Å². The molecule has 3 N–H and O–H groups in total. The number of aliphatic carboxylic acids is 1. The van der Waals surface area contributed by atoms with E-state index in [-0.39, 0.29) is 0 Å². The molecule has 1 aromatic heterocycles. The molecule has 7 heteroatoms. The van der Waals surface area contributed by atoms with Crippen LogP contribution in [0.4, 0.5) is 0 Å². The maximum Gasteiger partial charge on any atom is 0.305 e. The topological polar surface area (TPSA) is 83.6 Å². The lowest BCUT2D eigenvalue weighted by Crippen LogP contribution is -2.44. The van der Waals surface area contributed by atoms with Gasteiger partial charge in [-0.2, -0.15) is 0 Å². The summed E-state index contributed by atoms with van der Waals surface area (Å²) in [4.78, 5) is 25.0. The van der Waals surface area contributed by atoms with Gasteiger partial charge < -0.3 is 15.7 Å². The van der Waals surface area contributed by atoms with Gasteiger partial charge in [-0.1, -0.05) is 17.7 Å². The van der Waals surface area contributed by atoms with Crippen molar-refractivity contribution in [1.82, 2.24) is 4.90 Å². The Morgan fingerprint density at radius 3 is 2.74 bits per heavy atom. The standard InChI is InChI=1S/C12H15ClN2O3S/c1-2-5-15(7-8-3-4-10(13)19-8)12(18)9(14)6-11(16)17/h2-4,9H,1,5-7,14H2,(H,16,17). The van der Waals surface area contributed by atoms with Gasteiger partial charge in [0, 0.05) is 11.4 Å². The zero-order chi connectivity index (χ0) is 14.4. The minimum absolute atomic E-state index is 0.307. The number of nitrogens with zero attached hydrogens (tertiary/aromatic N) is 1. The number of carboxylic acids is 1. The molecule has 0 aliphatic heterocycles. The molecule has 104 valence electrons. The Labute approximate surface area is 120 Å². The molecule has 0 spiro atoms. The van der Waals surface area contributed by atoms with E-state index < -0.39 is 24.3 Å². The van der Waals surface area contributed by atoms with Gasteiger partial charge in [0.2, 0.25) is 5.91 Å². The molecule has 0 saturated carbocycles. The van der Waals surface area contributed by atoms with E-state index in [9.17, 15) is 9.59 Å². The second-order valence-electron chi connectivity index (χ2n) is 3.92. The number of thiophene rings is 1. The van der Waals surface area contributed by atoms with Gasteiger partial charge in [0.05, 0.1) is 23.3 Å². The highest BCUT2D eigenvalue weighted by atomic mass is 35.5. The van der Waals surface area contributed by atoms with Crippen molar-refractivity contribution >= 4 is 34.8 Å². The number of carbonyl (C=O) groups excluding carboxylic acids is 1. The highest BCUT2D eigenvalue weighted by Crippen LogP contribution is 2.22. The fraction of sp³-hybridized carbons (Fsp3) is 0.333. The van der Waals surface area contributed by atoms with Crippen molar-refractivity contribution < 1.29 is 14.7 Å². The molecule has 1 amide bonds. The van der Waals surface area contributed by atoms with Crippen LogP contribution in [0.2, 0.25) is 4.34 Å². The third-order valence-electron chi connectivity index (χ3n) is 2.35.